The van der Waals surface area contributed by atoms with Gasteiger partial charge >= 0.3 is 19.8 Å². The summed E-state index contributed by atoms with van der Waals surface area (Å²) in [7, 11) is -5.37. The number of nitrogens with zero attached hydrogens (tertiary/aromatic N) is 1. The fourth-order valence-corrected chi connectivity index (χ4v) is 13.4. The van der Waals surface area contributed by atoms with Gasteiger partial charge in [-0.3, -0.25) is 81.2 Å². The Labute approximate surface area is 609 Å². The van der Waals surface area contributed by atoms with E-state index in [1.165, 1.54) is 11.8 Å². The van der Waals surface area contributed by atoms with Gasteiger partial charge in [0, 0.05) is 24.0 Å². The fourth-order valence-electron chi connectivity index (χ4n) is 11.0. The molecule has 0 spiro atoms. The van der Waals surface area contributed by atoms with E-state index in [0.717, 1.165) is 24.0 Å². The number of likely N-dealkylation sites (tertiary alicyclic amines) is 1. The van der Waals surface area contributed by atoms with E-state index in [4.69, 9.17) is 16.6 Å². The highest BCUT2D eigenvalue weighted by Gasteiger charge is 2.44. The zero-order valence-electron chi connectivity index (χ0n) is 59.3. The molecule has 0 aliphatic carbocycles. The molecule has 3 heterocycles. The average molecular weight is 1540 g/mol. The number of fused-ring (bicyclic) bond motifs is 1. The number of unbranched alkanes of at least 4 members (excludes halogenated alkanes) is 1. The van der Waals surface area contributed by atoms with Crippen LogP contribution in [0.1, 0.15) is 126 Å². The standard InChI is InChI=1S/C61H102N17O23PS2/c1-9-30(5)48(75-55(91)36(21-42(62)80)71-54(90)33(17-19-103-8)68-45(83)24-65-44(82)23-64-43(81)16-12-11-15-41-50-39(28-104-41)74-61(97)77-50)58(94)72-35(20-29(3)4)53(89)66-25-46(84)69-38(27-101-102(98,99)100)60(96)78-18-13-14-40(78)57(93)76-49(31(6)10-2)59(95)73-37(26-79)56(92)67-32(7)52(88)70-34(51(63)87)22-47(85)86/h29-41,48-50,79H,9-28H2,1-8H3,(H2,62,80)(H2,63,87)(H,64,81)(H,65,82)(H,66,89)(H,67,92)(H,68,83)(H,69,84)(H,70,88)(H,71,90)(H,72,94)(H,73,95)(H,75,91)(H,76,93)(H,85,86)(H2,74,77,97)(H2,98,99,100)/t30-,31-,32-,33-,34-,35-,36-,37-,38-,39-,40-,41-,48-,49-,50-/m0/s1. The normalized spacial score (nSPS) is 19.2. The third kappa shape index (κ3) is 31.1. The van der Waals surface area contributed by atoms with Crippen molar-refractivity contribution in [2.24, 2.45) is 29.2 Å². The summed E-state index contributed by atoms with van der Waals surface area (Å²) in [6, 6.07) is -15.8. The van der Waals surface area contributed by atoms with E-state index < -0.39 is 220 Å². The molecule has 3 aliphatic rings. The monoisotopic (exact) mass is 1540 g/mol. The van der Waals surface area contributed by atoms with Gasteiger partial charge in [0.1, 0.15) is 60.4 Å². The molecule has 0 radical (unpaired) electrons. The molecule has 0 aromatic rings. The summed E-state index contributed by atoms with van der Waals surface area (Å²) in [5, 5.41) is 53.7. The number of thioether (sulfide) groups is 2. The first-order valence-electron chi connectivity index (χ1n) is 33.9. The number of hydrogen-bond acceptors (Lipinski definition) is 22. The van der Waals surface area contributed by atoms with Gasteiger partial charge in [0.25, 0.3) is 0 Å². The number of aliphatic carboxylic acids is 1. The molecule has 0 saturated carbocycles. The number of primary amides is 2. The Hall–Kier alpha value is -8.44. The largest absolute Gasteiger partial charge is 0.481 e. The number of aliphatic hydroxyl groups excluding tert-OH is 1. The number of carboxylic acid groups (broad SMARTS) is 1. The van der Waals surface area contributed by atoms with Crippen molar-refractivity contribution in [3.05, 3.63) is 0 Å². The van der Waals surface area contributed by atoms with Crippen LogP contribution in [0, 0.1) is 17.8 Å². The summed E-state index contributed by atoms with van der Waals surface area (Å²) in [4.78, 5) is 243. The zero-order valence-corrected chi connectivity index (χ0v) is 61.8. The Bertz CT molecular complexity index is 3140. The number of aliphatic hydroxyl groups is 1. The number of phosphoric acid groups is 1. The summed E-state index contributed by atoms with van der Waals surface area (Å²) < 4.78 is 16.6. The number of amides is 17. The lowest BCUT2D eigenvalue weighted by molar-refractivity contribution is -0.143. The van der Waals surface area contributed by atoms with Crippen molar-refractivity contribution in [3.8, 4) is 0 Å². The third-order valence-electron chi connectivity index (χ3n) is 17.1. The van der Waals surface area contributed by atoms with Crippen molar-refractivity contribution in [3.63, 3.8) is 0 Å². The molecule has 22 N–H and O–H groups in total. The molecule has 40 nitrogen and oxygen atoms in total. The van der Waals surface area contributed by atoms with Crippen molar-refractivity contribution in [1.82, 2.24) is 79.3 Å². The van der Waals surface area contributed by atoms with Crippen LogP contribution in [0.3, 0.4) is 0 Å². The van der Waals surface area contributed by atoms with Gasteiger partial charge in [-0.1, -0.05) is 60.8 Å². The lowest BCUT2D eigenvalue weighted by Gasteiger charge is -2.31. The van der Waals surface area contributed by atoms with Gasteiger partial charge in [0.05, 0.1) is 57.8 Å². The van der Waals surface area contributed by atoms with Crippen LogP contribution in [0.25, 0.3) is 0 Å². The van der Waals surface area contributed by atoms with Crippen LogP contribution >= 0.6 is 31.3 Å². The summed E-state index contributed by atoms with van der Waals surface area (Å²) >= 11 is 3.06. The van der Waals surface area contributed by atoms with E-state index in [1.54, 1.807) is 59.6 Å². The minimum Gasteiger partial charge on any atom is -0.481 e. The summed E-state index contributed by atoms with van der Waals surface area (Å²) in [5.74, 6) is -16.6. The lowest BCUT2D eigenvalue weighted by atomic mass is 9.96. The number of carbonyl (C=O) groups is 17. The van der Waals surface area contributed by atoms with E-state index >= 15 is 0 Å². The van der Waals surface area contributed by atoms with Gasteiger partial charge in [-0.05, 0) is 75.2 Å². The van der Waals surface area contributed by atoms with E-state index in [2.05, 4.69) is 79.0 Å². The maximum atomic E-state index is 14.3. The van der Waals surface area contributed by atoms with Crippen molar-refractivity contribution in [2.75, 3.05) is 57.2 Å². The quantitative estimate of drug-likeness (QED) is 0.0153. The van der Waals surface area contributed by atoms with Crippen LogP contribution in [-0.2, 0) is 85.8 Å². The van der Waals surface area contributed by atoms with Crippen LogP contribution < -0.4 is 85.9 Å². The zero-order chi connectivity index (χ0) is 78.3. The van der Waals surface area contributed by atoms with Crippen LogP contribution in [0.2, 0.25) is 0 Å². The number of hydrogen-bond donors (Lipinski definition) is 20. The first-order chi connectivity index (χ1) is 48.8. The molecular formula is C61H102N17O23PS2. The molecule has 0 bridgehead atoms. The molecule has 104 heavy (non-hydrogen) atoms. The maximum absolute atomic E-state index is 14.3. The number of carboxylic acids is 1. The summed E-state index contributed by atoms with van der Waals surface area (Å²) in [6.07, 6.45) is 2.70. The minimum atomic E-state index is -5.37. The van der Waals surface area contributed by atoms with Gasteiger partial charge in [0.2, 0.25) is 88.6 Å². The first kappa shape index (κ1) is 89.8. The molecule has 3 aliphatic heterocycles. The second kappa shape index (κ2) is 44.4. The highest BCUT2D eigenvalue weighted by Crippen LogP contribution is 2.36. The molecule has 586 valence electrons. The topological polar surface area (TPSA) is 621 Å². The van der Waals surface area contributed by atoms with Crippen LogP contribution in [-0.4, -0.2) is 260 Å². The number of urea groups is 1. The van der Waals surface area contributed by atoms with E-state index in [9.17, 15) is 101 Å². The van der Waals surface area contributed by atoms with Gasteiger partial charge in [-0.25, -0.2) is 9.36 Å². The molecule has 17 amide bonds. The van der Waals surface area contributed by atoms with Crippen LogP contribution in [0.15, 0.2) is 0 Å². The highest BCUT2D eigenvalue weighted by atomic mass is 32.2. The molecule has 0 aromatic heterocycles. The number of nitrogens with two attached hydrogens (primary N) is 2. The second-order valence-electron chi connectivity index (χ2n) is 25.8. The average Bonchev–Trinajstić information content (AvgIpc) is 1.64. The predicted octanol–water partition coefficient (Wildman–Crippen LogP) is -6.74. The van der Waals surface area contributed by atoms with Crippen LogP contribution in [0.4, 0.5) is 4.79 Å². The summed E-state index contributed by atoms with van der Waals surface area (Å²) in [6.45, 7) is 6.54. The fraction of sp³-hybridized carbons (Fsp3) is 0.721. The molecule has 0 aromatic carbocycles. The Kier molecular flexibility index (Phi) is 38.3. The van der Waals surface area contributed by atoms with Crippen molar-refractivity contribution >= 4 is 132 Å². The molecule has 0 unspecified atom stereocenters. The Morgan fingerprint density at radius 3 is 1.78 bits per heavy atom. The van der Waals surface area contributed by atoms with Crippen molar-refractivity contribution < 1.29 is 111 Å². The molecular weight excluding hydrogens is 1430 g/mol. The number of carbonyl (C=O) groups excluding carboxylic acids is 16. The Morgan fingerprint density at radius 2 is 1.20 bits per heavy atom. The maximum Gasteiger partial charge on any atom is 0.469 e. The van der Waals surface area contributed by atoms with E-state index in [0.29, 0.717) is 18.6 Å². The minimum absolute atomic E-state index is 0.00496. The van der Waals surface area contributed by atoms with Gasteiger partial charge in [0.15, 0.2) is 0 Å². The third-order valence-corrected chi connectivity index (χ3v) is 19.7. The molecule has 3 saturated heterocycles. The SMILES string of the molecule is CC[C@H](C)[C@H](NC(=O)[C@H](CC(N)=O)NC(=O)[C@H](CCSC)NC(=O)CNC(=O)CNC(=O)CCCC[C@@H]1SC[C@@H]2NC(=O)N[C@@H]21)C(=O)N[C@@H](CC(C)C)C(=O)NCC(=O)N[C@@H](COP(=O)(O)O)C(=O)N1CCC[C@H]1C(=O)N[C@H](C(=O)N[C@@H](CO)C(=O)N[C@@H](C)C(=O)N[C@@H](CC(=O)O)C(N)=O)[C@@H](C)CC. The molecule has 43 heteroatoms. The smallest absolute Gasteiger partial charge is 0.469 e. The van der Waals surface area contributed by atoms with Gasteiger partial charge in [-0.2, -0.15) is 23.5 Å². The lowest BCUT2D eigenvalue weighted by Crippen LogP contribution is -2.61. The number of nitrogens with one attached hydrogen (secondary N) is 14. The highest BCUT2D eigenvalue weighted by molar-refractivity contribution is 8.00. The number of phosphoric ester groups is 1. The molecule has 15 atom stereocenters. The van der Waals surface area contributed by atoms with Crippen molar-refractivity contribution in [2.45, 2.75) is 203 Å². The second-order valence-corrected chi connectivity index (χ2v) is 29.3. The molecule has 3 fully saturated rings. The van der Waals surface area contributed by atoms with E-state index in [1.807, 2.05) is 0 Å². The first-order valence-corrected chi connectivity index (χ1v) is 37.9. The summed E-state index contributed by atoms with van der Waals surface area (Å²) in [5.41, 5.74) is 10.7. The Morgan fingerprint density at radius 1 is 0.644 bits per heavy atom. The van der Waals surface area contributed by atoms with Gasteiger partial charge in [-0.15, -0.1) is 0 Å². The van der Waals surface area contributed by atoms with E-state index in [-0.39, 0.29) is 80.8 Å². The van der Waals surface area contributed by atoms with Crippen molar-refractivity contribution in [1.29, 1.82) is 0 Å². The molecule has 3 rings (SSSR count). The van der Waals surface area contributed by atoms with Gasteiger partial charge < -0.3 is 111 Å². The Balaban J connectivity index is 1.68. The predicted molar refractivity (Wildman–Crippen MR) is 372 cm³/mol. The number of rotatable bonds is 47. The van der Waals surface area contributed by atoms with Crippen LogP contribution in [0.5, 0.6) is 0 Å².